The number of aromatic nitrogens is 4. The molecule has 0 spiro atoms. The number of piperidine rings is 1. The van der Waals surface area contributed by atoms with Gasteiger partial charge in [0, 0.05) is 18.5 Å². The van der Waals surface area contributed by atoms with Gasteiger partial charge in [0.25, 0.3) is 0 Å². The molecule has 0 bridgehead atoms. The Morgan fingerprint density at radius 3 is 2.23 bits per heavy atom. The van der Waals surface area contributed by atoms with E-state index in [1.54, 1.807) is 0 Å². The van der Waals surface area contributed by atoms with E-state index in [4.69, 9.17) is 0 Å². The van der Waals surface area contributed by atoms with Gasteiger partial charge in [0.2, 0.25) is 5.91 Å². The van der Waals surface area contributed by atoms with E-state index in [1.807, 2.05) is 12.1 Å². The molecule has 4 unspecified atom stereocenters. The highest BCUT2D eigenvalue weighted by molar-refractivity contribution is 5.84. The molecule has 6 rings (SSSR count). The lowest BCUT2D eigenvalue weighted by Gasteiger charge is -2.37. The van der Waals surface area contributed by atoms with E-state index in [0.29, 0.717) is 43.1 Å². The number of H-pyrrole nitrogens is 1. The Hall–Kier alpha value is -3.55. The summed E-state index contributed by atoms with van der Waals surface area (Å²) in [7, 11) is 0. The zero-order valence-corrected chi connectivity index (χ0v) is 23.6. The van der Waals surface area contributed by atoms with Gasteiger partial charge in [0.05, 0.1) is 16.5 Å². The summed E-state index contributed by atoms with van der Waals surface area (Å²) in [5.41, 5.74) is -2.90. The monoisotopic (exact) mass is 624 g/mol. The number of hydrogen-bond donors (Lipinski definition) is 2. The second-order valence-electron chi connectivity index (χ2n) is 12.2. The Morgan fingerprint density at radius 1 is 0.977 bits per heavy atom. The molecule has 4 atom stereocenters. The predicted molar refractivity (Wildman–Crippen MR) is 143 cm³/mol. The van der Waals surface area contributed by atoms with Gasteiger partial charge in [-0.05, 0) is 105 Å². The van der Waals surface area contributed by atoms with E-state index in [2.05, 4.69) is 30.8 Å². The summed E-state index contributed by atoms with van der Waals surface area (Å²) in [5, 5.41) is 16.9. The summed E-state index contributed by atoms with van der Waals surface area (Å²) in [6.45, 7) is 1.13. The Morgan fingerprint density at radius 2 is 1.64 bits per heavy atom. The number of hydrogen-bond acceptors (Lipinski definition) is 5. The van der Waals surface area contributed by atoms with Gasteiger partial charge in [-0.3, -0.25) is 4.79 Å². The Balaban J connectivity index is 1.18. The van der Waals surface area contributed by atoms with Crippen LogP contribution in [0.3, 0.4) is 0 Å². The zero-order chi connectivity index (χ0) is 31.3. The summed E-state index contributed by atoms with van der Waals surface area (Å²) >= 11 is 0. The highest BCUT2D eigenvalue weighted by Gasteiger charge is 2.61. The van der Waals surface area contributed by atoms with Gasteiger partial charge < -0.3 is 10.2 Å². The molecule has 1 saturated heterocycles. The number of halogens is 7. The SMILES string of the molecule is O=C(NCc1cc(C(F)(F)F)cc(C(F)(F)F)c1)C1(C2CC2c2nn[nH]n2)CCC(N2CCC(c3ccc(F)cc3)CC2)C1. The molecule has 0 radical (unpaired) electrons. The topological polar surface area (TPSA) is 86.8 Å². The average molecular weight is 625 g/mol. The van der Waals surface area contributed by atoms with Crippen LogP contribution in [0, 0.1) is 17.2 Å². The molecule has 2 N–H and O–H groups in total. The fraction of sp³-hybridized carbons (Fsp3) is 0.533. The van der Waals surface area contributed by atoms with Gasteiger partial charge in [0.15, 0.2) is 5.82 Å². The van der Waals surface area contributed by atoms with Crippen molar-refractivity contribution in [2.75, 3.05) is 13.1 Å². The zero-order valence-electron chi connectivity index (χ0n) is 23.6. The van der Waals surface area contributed by atoms with E-state index in [0.717, 1.165) is 37.9 Å². The molecule has 1 aromatic heterocycles. The van der Waals surface area contributed by atoms with Crippen LogP contribution in [0.2, 0.25) is 0 Å². The van der Waals surface area contributed by atoms with Gasteiger partial charge in [0.1, 0.15) is 5.82 Å². The molecule has 2 heterocycles. The molecule has 7 nitrogen and oxygen atoms in total. The lowest BCUT2D eigenvalue weighted by Crippen LogP contribution is -2.44. The average Bonchev–Trinajstić information content (AvgIpc) is 3.38. The maximum Gasteiger partial charge on any atom is 0.416 e. The van der Waals surface area contributed by atoms with Crippen molar-refractivity contribution in [2.24, 2.45) is 11.3 Å². The molecule has 2 aromatic carbocycles. The molecule has 3 fully saturated rings. The largest absolute Gasteiger partial charge is 0.416 e. The van der Waals surface area contributed by atoms with Gasteiger partial charge in [-0.1, -0.05) is 17.3 Å². The van der Waals surface area contributed by atoms with Crippen LogP contribution in [-0.4, -0.2) is 50.6 Å². The maximum atomic E-state index is 13.9. The van der Waals surface area contributed by atoms with Crippen LogP contribution < -0.4 is 5.32 Å². The Labute approximate surface area is 248 Å². The molecule has 3 aromatic rings. The number of nitrogens with one attached hydrogen (secondary N) is 2. The quantitative estimate of drug-likeness (QED) is 0.305. The highest BCUT2D eigenvalue weighted by Crippen LogP contribution is 2.62. The lowest BCUT2D eigenvalue weighted by molar-refractivity contribution is -0.143. The molecule has 1 amide bonds. The van der Waals surface area contributed by atoms with E-state index in [9.17, 15) is 35.5 Å². The van der Waals surface area contributed by atoms with Crippen LogP contribution in [0.5, 0.6) is 0 Å². The number of benzene rings is 2. The molecule has 14 heteroatoms. The van der Waals surface area contributed by atoms with Crippen molar-refractivity contribution < 1.29 is 35.5 Å². The van der Waals surface area contributed by atoms with Crippen LogP contribution in [0.25, 0.3) is 0 Å². The smallest absolute Gasteiger partial charge is 0.352 e. The molecule has 2 aliphatic carbocycles. The number of alkyl halides is 6. The first-order valence-electron chi connectivity index (χ1n) is 14.6. The van der Waals surface area contributed by atoms with Crippen LogP contribution >= 0.6 is 0 Å². The van der Waals surface area contributed by atoms with Crippen molar-refractivity contribution in [1.82, 2.24) is 30.8 Å². The van der Waals surface area contributed by atoms with Crippen molar-refractivity contribution >= 4 is 5.91 Å². The van der Waals surface area contributed by atoms with Crippen molar-refractivity contribution in [2.45, 2.75) is 75.3 Å². The fourth-order valence-corrected chi connectivity index (χ4v) is 7.30. The van der Waals surface area contributed by atoms with E-state index < -0.39 is 35.4 Å². The third-order valence-electron chi connectivity index (χ3n) is 9.66. The molecular weight excluding hydrogens is 593 g/mol. The molecule has 2 saturated carbocycles. The molecule has 44 heavy (non-hydrogen) atoms. The summed E-state index contributed by atoms with van der Waals surface area (Å²) in [6, 6.07) is 8.01. The summed E-state index contributed by atoms with van der Waals surface area (Å²) in [4.78, 5) is 16.3. The first-order chi connectivity index (χ1) is 20.8. The third kappa shape index (κ3) is 6.18. The van der Waals surface area contributed by atoms with Crippen molar-refractivity contribution in [3.8, 4) is 0 Å². The van der Waals surface area contributed by atoms with Crippen LogP contribution in [0.15, 0.2) is 42.5 Å². The number of rotatable bonds is 7. The predicted octanol–water partition coefficient (Wildman–Crippen LogP) is 6.21. The number of aromatic amines is 1. The fourth-order valence-electron chi connectivity index (χ4n) is 7.30. The number of carbonyl (C=O) groups excluding carboxylic acids is 1. The maximum absolute atomic E-state index is 13.9. The van der Waals surface area contributed by atoms with Crippen molar-refractivity contribution in [3.05, 3.63) is 76.4 Å². The summed E-state index contributed by atoms with van der Waals surface area (Å²) in [6.07, 6.45) is -5.79. The summed E-state index contributed by atoms with van der Waals surface area (Å²) in [5.74, 6) is -0.121. The molecule has 236 valence electrons. The highest BCUT2D eigenvalue weighted by atomic mass is 19.4. The number of carbonyl (C=O) groups is 1. The van der Waals surface area contributed by atoms with Crippen LogP contribution in [0.1, 0.15) is 78.4 Å². The minimum atomic E-state index is -4.98. The third-order valence-corrected chi connectivity index (χ3v) is 9.66. The lowest BCUT2D eigenvalue weighted by atomic mass is 9.78. The first kappa shape index (κ1) is 30.5. The standard InChI is InChI=1S/C30H31F7N6O/c31-22-3-1-18(2-4-22)19-6-9-43(10-7-19)23-5-8-28(15-23,25-14-24(25)26-39-41-42-40-26)27(44)38-16-17-11-20(29(32,33)34)13-21(12-17)30(35,36)37/h1-4,11-13,19,23-25H,5-10,14-16H2,(H,38,44)(H,39,40,41,42). The van der Waals surface area contributed by atoms with E-state index in [1.165, 1.54) is 12.1 Å². The van der Waals surface area contributed by atoms with E-state index in [-0.39, 0.29) is 41.2 Å². The Bertz CT molecular complexity index is 1440. The first-order valence-corrected chi connectivity index (χ1v) is 14.6. The minimum absolute atomic E-state index is 0.0767. The number of amides is 1. The Kier molecular flexibility index (Phi) is 7.91. The van der Waals surface area contributed by atoms with Gasteiger partial charge >= 0.3 is 12.4 Å². The van der Waals surface area contributed by atoms with Gasteiger partial charge in [-0.15, -0.1) is 10.2 Å². The number of likely N-dealkylation sites (tertiary alicyclic amines) is 1. The number of tetrazole rings is 1. The molecule has 3 aliphatic rings. The van der Waals surface area contributed by atoms with Crippen LogP contribution in [-0.2, 0) is 23.7 Å². The van der Waals surface area contributed by atoms with Gasteiger partial charge in [-0.2, -0.15) is 31.6 Å². The second-order valence-corrected chi connectivity index (χ2v) is 12.2. The van der Waals surface area contributed by atoms with Crippen molar-refractivity contribution in [3.63, 3.8) is 0 Å². The number of nitrogens with zero attached hydrogens (tertiary/aromatic N) is 4. The van der Waals surface area contributed by atoms with Gasteiger partial charge in [-0.25, -0.2) is 4.39 Å². The molecular formula is C30H31F7N6O. The summed E-state index contributed by atoms with van der Waals surface area (Å²) < 4.78 is 93.8. The van der Waals surface area contributed by atoms with Crippen molar-refractivity contribution in [1.29, 1.82) is 0 Å². The second kappa shape index (κ2) is 11.4. The van der Waals surface area contributed by atoms with E-state index >= 15 is 0 Å². The van der Waals surface area contributed by atoms with Crippen LogP contribution in [0.4, 0.5) is 30.7 Å². The molecule has 1 aliphatic heterocycles. The normalized spacial score (nSPS) is 26.6. The minimum Gasteiger partial charge on any atom is -0.352 e.